The molecule has 0 spiro atoms. The second-order valence-corrected chi connectivity index (χ2v) is 5.70. The summed E-state index contributed by atoms with van der Waals surface area (Å²) < 4.78 is 11.5. The van der Waals surface area contributed by atoms with Gasteiger partial charge in [0.25, 0.3) is 0 Å². The van der Waals surface area contributed by atoms with Crippen LogP contribution in [0.4, 0.5) is 0 Å². The molecule has 3 nitrogen and oxygen atoms in total. The number of fused-ring (bicyclic) bond motifs is 1. The smallest absolute Gasteiger partial charge is 0.231 e. The van der Waals surface area contributed by atoms with E-state index in [0.717, 1.165) is 14.9 Å². The number of ketones is 1. The number of hydrogen-bond donors (Lipinski definition) is 0. The number of halogens is 1. The maximum atomic E-state index is 11.9. The van der Waals surface area contributed by atoms with Gasteiger partial charge in [-0.1, -0.05) is 22.0 Å². The fourth-order valence-corrected chi connectivity index (χ4v) is 2.83. The lowest BCUT2D eigenvalue weighted by molar-refractivity contribution is 0.105. The van der Waals surface area contributed by atoms with E-state index < -0.39 is 0 Å². The number of carbonyl (C=O) groups excluding carboxylic acids is 1. The molecule has 0 radical (unpaired) electrons. The lowest BCUT2D eigenvalue weighted by atomic mass is 10.1. The van der Waals surface area contributed by atoms with Gasteiger partial charge in [-0.05, 0) is 41.3 Å². The third kappa shape index (κ3) is 2.57. The molecule has 2 heterocycles. The van der Waals surface area contributed by atoms with Crippen molar-refractivity contribution >= 4 is 39.1 Å². The molecule has 1 aliphatic heterocycles. The van der Waals surface area contributed by atoms with E-state index in [1.54, 1.807) is 12.2 Å². The molecule has 0 amide bonds. The van der Waals surface area contributed by atoms with Crippen molar-refractivity contribution in [2.75, 3.05) is 6.79 Å². The number of benzene rings is 1. The van der Waals surface area contributed by atoms with Crippen molar-refractivity contribution in [2.45, 2.75) is 0 Å². The molecule has 1 aromatic carbocycles. The topological polar surface area (TPSA) is 35.5 Å². The van der Waals surface area contributed by atoms with Crippen LogP contribution in [-0.4, -0.2) is 12.6 Å². The van der Waals surface area contributed by atoms with E-state index in [2.05, 4.69) is 15.9 Å². The van der Waals surface area contributed by atoms with Gasteiger partial charge in [0.05, 0.1) is 4.88 Å². The molecule has 2 aromatic rings. The Kier molecular flexibility index (Phi) is 3.40. The summed E-state index contributed by atoms with van der Waals surface area (Å²) in [6, 6.07) is 7.37. The van der Waals surface area contributed by atoms with Gasteiger partial charge < -0.3 is 9.47 Å². The highest BCUT2D eigenvalue weighted by Gasteiger charge is 2.15. The van der Waals surface area contributed by atoms with E-state index in [1.807, 2.05) is 29.6 Å². The van der Waals surface area contributed by atoms with Gasteiger partial charge >= 0.3 is 0 Å². The lowest BCUT2D eigenvalue weighted by Crippen LogP contribution is -1.92. The molecule has 1 aromatic heterocycles. The van der Waals surface area contributed by atoms with Gasteiger partial charge in [0.1, 0.15) is 0 Å². The molecule has 1 aliphatic rings. The predicted molar refractivity (Wildman–Crippen MR) is 77.9 cm³/mol. The molecule has 0 atom stereocenters. The Hall–Kier alpha value is -1.59. The second kappa shape index (κ2) is 5.19. The van der Waals surface area contributed by atoms with E-state index >= 15 is 0 Å². The van der Waals surface area contributed by atoms with E-state index in [9.17, 15) is 4.79 Å². The largest absolute Gasteiger partial charge is 0.454 e. The molecular formula is C14H9BrO3S. The van der Waals surface area contributed by atoms with Crippen LogP contribution in [0, 0.1) is 0 Å². The van der Waals surface area contributed by atoms with Gasteiger partial charge in [0.15, 0.2) is 17.3 Å². The summed E-state index contributed by atoms with van der Waals surface area (Å²) in [5, 5.41) is 1.89. The lowest BCUT2D eigenvalue weighted by Gasteiger charge is -2.01. The van der Waals surface area contributed by atoms with E-state index in [1.165, 1.54) is 11.3 Å². The van der Waals surface area contributed by atoms with Crippen molar-refractivity contribution in [1.29, 1.82) is 0 Å². The maximum absolute atomic E-state index is 11.9. The Morgan fingerprint density at radius 3 is 2.84 bits per heavy atom. The second-order valence-electron chi connectivity index (χ2n) is 3.90. The highest BCUT2D eigenvalue weighted by Crippen LogP contribution is 2.37. The summed E-state index contributed by atoms with van der Waals surface area (Å²) in [4.78, 5) is 12.6. The number of rotatable bonds is 3. The van der Waals surface area contributed by atoms with Gasteiger partial charge in [-0.15, -0.1) is 11.3 Å². The van der Waals surface area contributed by atoms with Crippen LogP contribution in [0.25, 0.3) is 6.08 Å². The Labute approximate surface area is 122 Å². The number of carbonyl (C=O) groups is 1. The third-order valence-corrected chi connectivity index (χ3v) is 4.24. The van der Waals surface area contributed by atoms with E-state index in [-0.39, 0.29) is 12.6 Å². The first-order chi connectivity index (χ1) is 9.24. The minimum atomic E-state index is -0.000401. The molecule has 0 saturated carbocycles. The molecule has 0 unspecified atom stereocenters. The Morgan fingerprint density at radius 1 is 1.32 bits per heavy atom. The zero-order valence-electron chi connectivity index (χ0n) is 9.76. The van der Waals surface area contributed by atoms with Crippen LogP contribution in [-0.2, 0) is 0 Å². The monoisotopic (exact) mass is 336 g/mol. The minimum Gasteiger partial charge on any atom is -0.454 e. The molecule has 0 aliphatic carbocycles. The van der Waals surface area contributed by atoms with E-state index in [4.69, 9.17) is 9.47 Å². The molecule has 19 heavy (non-hydrogen) atoms. The minimum absolute atomic E-state index is 0.000401. The van der Waals surface area contributed by atoms with Crippen molar-refractivity contribution < 1.29 is 14.3 Å². The van der Waals surface area contributed by atoms with Crippen molar-refractivity contribution in [3.63, 3.8) is 0 Å². The Bertz CT molecular complexity index is 647. The van der Waals surface area contributed by atoms with Gasteiger partial charge in [-0.2, -0.15) is 0 Å². The fraction of sp³-hybridized carbons (Fsp3) is 0.0714. The molecule has 3 rings (SSSR count). The number of hydrogen-bond acceptors (Lipinski definition) is 4. The molecular weight excluding hydrogens is 328 g/mol. The Balaban J connectivity index is 1.85. The predicted octanol–water partition coefficient (Wildman–Crippen LogP) is 4.14. The van der Waals surface area contributed by atoms with Crippen LogP contribution in [0.3, 0.4) is 0 Å². The average Bonchev–Trinajstić information content (AvgIpc) is 3.06. The van der Waals surface area contributed by atoms with Crippen molar-refractivity contribution in [3.8, 4) is 11.5 Å². The highest BCUT2D eigenvalue weighted by atomic mass is 79.9. The Morgan fingerprint density at radius 2 is 2.11 bits per heavy atom. The first-order valence-corrected chi connectivity index (χ1v) is 7.26. The van der Waals surface area contributed by atoms with Crippen molar-refractivity contribution in [1.82, 2.24) is 0 Å². The van der Waals surface area contributed by atoms with Crippen molar-refractivity contribution in [3.05, 3.63) is 50.6 Å². The summed E-state index contributed by atoms with van der Waals surface area (Å²) in [7, 11) is 0. The van der Waals surface area contributed by atoms with Gasteiger partial charge in [-0.3, -0.25) is 4.79 Å². The summed E-state index contributed by atoms with van der Waals surface area (Å²) in [6.45, 7) is 0.239. The average molecular weight is 337 g/mol. The zero-order valence-corrected chi connectivity index (χ0v) is 12.2. The quantitative estimate of drug-likeness (QED) is 0.624. The molecule has 96 valence electrons. The standard InChI is InChI=1S/C14H9BrO3S/c15-10-7-13-12(17-8-18-13)6-9(10)3-4-11(16)14-2-1-5-19-14/h1-7H,8H2. The van der Waals surface area contributed by atoms with Gasteiger partial charge in [-0.25, -0.2) is 0 Å². The van der Waals surface area contributed by atoms with Crippen LogP contribution in [0.2, 0.25) is 0 Å². The van der Waals surface area contributed by atoms with Crippen LogP contribution < -0.4 is 9.47 Å². The third-order valence-electron chi connectivity index (χ3n) is 2.67. The first kappa shape index (κ1) is 12.4. The summed E-state index contributed by atoms with van der Waals surface area (Å²) in [5.74, 6) is 1.42. The summed E-state index contributed by atoms with van der Waals surface area (Å²) in [6.07, 6.45) is 3.34. The fourth-order valence-electron chi connectivity index (χ4n) is 1.73. The maximum Gasteiger partial charge on any atom is 0.231 e. The van der Waals surface area contributed by atoms with Crippen LogP contribution >= 0.6 is 27.3 Å². The van der Waals surface area contributed by atoms with Crippen LogP contribution in [0.15, 0.2) is 40.2 Å². The SMILES string of the molecule is O=C(C=Cc1cc2c(cc1Br)OCO2)c1cccs1. The molecule has 0 saturated heterocycles. The number of ether oxygens (including phenoxy) is 2. The normalized spacial score (nSPS) is 13.1. The van der Waals surface area contributed by atoms with Crippen LogP contribution in [0.1, 0.15) is 15.2 Å². The zero-order chi connectivity index (χ0) is 13.2. The molecule has 0 bridgehead atoms. The first-order valence-electron chi connectivity index (χ1n) is 5.59. The molecule has 5 heteroatoms. The summed E-state index contributed by atoms with van der Waals surface area (Å²) >= 11 is 4.89. The van der Waals surface area contributed by atoms with Gasteiger partial charge in [0.2, 0.25) is 6.79 Å². The van der Waals surface area contributed by atoms with Crippen molar-refractivity contribution in [2.24, 2.45) is 0 Å². The molecule has 0 fully saturated rings. The van der Waals surface area contributed by atoms with Gasteiger partial charge in [0, 0.05) is 4.47 Å². The number of allylic oxidation sites excluding steroid dienone is 1. The number of thiophene rings is 1. The van der Waals surface area contributed by atoms with Crippen LogP contribution in [0.5, 0.6) is 11.5 Å². The summed E-state index contributed by atoms with van der Waals surface area (Å²) in [5.41, 5.74) is 0.883. The highest BCUT2D eigenvalue weighted by molar-refractivity contribution is 9.10. The van der Waals surface area contributed by atoms with E-state index in [0.29, 0.717) is 11.5 Å². The molecule has 0 N–H and O–H groups in total.